The predicted molar refractivity (Wildman–Crippen MR) is 311 cm³/mol. The summed E-state index contributed by atoms with van der Waals surface area (Å²) in [6, 6.07) is 29.8. The fraction of sp³-hybridized carbons (Fsp3) is 0.547. The summed E-state index contributed by atoms with van der Waals surface area (Å²) in [5.41, 5.74) is 1.38. The fourth-order valence-corrected chi connectivity index (χ4v) is 13.9. The summed E-state index contributed by atoms with van der Waals surface area (Å²) in [7, 11) is 3.44. The van der Waals surface area contributed by atoms with Gasteiger partial charge in [0.25, 0.3) is 0 Å². The normalized spacial score (nSPS) is 14.3. The second-order valence-corrected chi connectivity index (χ2v) is 28.2. The van der Waals surface area contributed by atoms with E-state index in [0.29, 0.717) is 32.1 Å². The van der Waals surface area contributed by atoms with Crippen molar-refractivity contribution in [2.24, 2.45) is 27.1 Å². The van der Waals surface area contributed by atoms with E-state index in [-0.39, 0.29) is 36.1 Å². The number of carbonyl (C=O) groups excluding carboxylic acids is 1. The van der Waals surface area contributed by atoms with Gasteiger partial charge in [0.1, 0.15) is 34.2 Å². The first-order chi connectivity index (χ1) is 34.2. The van der Waals surface area contributed by atoms with Crippen molar-refractivity contribution in [2.75, 3.05) is 27.4 Å². The van der Waals surface area contributed by atoms with E-state index >= 15 is 0 Å². The number of aliphatic hydroxyl groups is 1. The summed E-state index contributed by atoms with van der Waals surface area (Å²) in [4.78, 5) is 16.0. The molecular formula is C64H88O8S2. The van der Waals surface area contributed by atoms with E-state index in [2.05, 4.69) is 196 Å². The molecule has 1 N–H and O–H groups in total. The van der Waals surface area contributed by atoms with Crippen molar-refractivity contribution in [2.45, 2.75) is 173 Å². The van der Waals surface area contributed by atoms with Gasteiger partial charge in [-0.25, -0.2) is 0 Å². The van der Waals surface area contributed by atoms with E-state index in [0.717, 1.165) is 75.2 Å². The Morgan fingerprint density at radius 2 is 1.03 bits per heavy atom. The number of methoxy groups -OCH3 is 2. The Morgan fingerprint density at radius 3 is 1.43 bits per heavy atom. The Labute approximate surface area is 452 Å². The maximum atomic E-state index is 13.7. The quantitative estimate of drug-likeness (QED) is 0.0501. The van der Waals surface area contributed by atoms with Crippen LogP contribution in [0.4, 0.5) is 0 Å². The van der Waals surface area contributed by atoms with Crippen molar-refractivity contribution in [1.82, 2.24) is 0 Å². The topological polar surface area (TPSA) is 92.7 Å². The summed E-state index contributed by atoms with van der Waals surface area (Å²) >= 11 is 3.46. The Kier molecular flexibility index (Phi) is 17.9. The molecule has 2 unspecified atom stereocenters. The zero-order valence-electron chi connectivity index (χ0n) is 48.3. The number of esters is 1. The Balaban J connectivity index is 1.20. The molecule has 8 nitrogen and oxygen atoms in total. The van der Waals surface area contributed by atoms with E-state index in [4.69, 9.17) is 28.4 Å². The van der Waals surface area contributed by atoms with Gasteiger partial charge in [-0.2, -0.15) is 0 Å². The molecule has 6 aromatic rings. The lowest BCUT2D eigenvalue weighted by molar-refractivity contribution is -0.165. The molecule has 6 rings (SSSR count). The van der Waals surface area contributed by atoms with Crippen LogP contribution in [0.5, 0.6) is 23.0 Å². The van der Waals surface area contributed by atoms with Crippen LogP contribution < -0.4 is 18.9 Å². The minimum Gasteiger partial charge on any atom is -0.496 e. The van der Waals surface area contributed by atoms with Crippen molar-refractivity contribution < 1.29 is 38.3 Å². The molecule has 0 aliphatic carbocycles. The Hall–Kier alpha value is -4.61. The van der Waals surface area contributed by atoms with Crippen LogP contribution in [0, 0.1) is 40.9 Å². The van der Waals surface area contributed by atoms with Crippen LogP contribution in [0.3, 0.4) is 0 Å². The highest BCUT2D eigenvalue weighted by Crippen LogP contribution is 2.50. The fourth-order valence-electron chi connectivity index (χ4n) is 11.7. The molecule has 0 aliphatic heterocycles. The van der Waals surface area contributed by atoms with Crippen molar-refractivity contribution in [3.63, 3.8) is 0 Å². The van der Waals surface area contributed by atoms with E-state index in [1.807, 2.05) is 6.92 Å². The second-order valence-electron chi connectivity index (χ2n) is 26.0. The van der Waals surface area contributed by atoms with Crippen molar-refractivity contribution in [3.05, 3.63) is 96.1 Å². The van der Waals surface area contributed by atoms with Gasteiger partial charge in [-0.1, -0.05) is 81.4 Å². The second kappa shape index (κ2) is 22.5. The lowest BCUT2D eigenvalue weighted by atomic mass is 9.61. The highest BCUT2D eigenvalue weighted by atomic mass is 32.1. The number of aliphatic hydroxyl groups excluding tert-OH is 1. The molecule has 0 radical (unpaired) electrons. The average Bonchev–Trinajstić information content (AvgIpc) is 3.89. The van der Waals surface area contributed by atoms with Crippen LogP contribution in [-0.4, -0.2) is 61.9 Å². The molecule has 0 amide bonds. The third-order valence-corrected chi connectivity index (χ3v) is 16.8. The predicted octanol–water partition coefficient (Wildman–Crippen LogP) is 17.5. The molecule has 2 atom stereocenters. The first-order valence-electron chi connectivity index (χ1n) is 26.5. The van der Waals surface area contributed by atoms with Gasteiger partial charge in [-0.15, -0.1) is 22.7 Å². The van der Waals surface area contributed by atoms with Crippen LogP contribution in [0.2, 0.25) is 0 Å². The zero-order valence-corrected chi connectivity index (χ0v) is 49.9. The maximum absolute atomic E-state index is 13.7. The average molecular weight is 1050 g/mol. The van der Waals surface area contributed by atoms with Crippen molar-refractivity contribution in [3.8, 4) is 43.9 Å². The van der Waals surface area contributed by atoms with Gasteiger partial charge in [-0.3, -0.25) is 4.79 Å². The number of rotatable bonds is 23. The largest absolute Gasteiger partial charge is 0.496 e. The van der Waals surface area contributed by atoms with Crippen molar-refractivity contribution in [1.29, 1.82) is 0 Å². The van der Waals surface area contributed by atoms with E-state index in [1.54, 1.807) is 36.9 Å². The SMILES string of the molecule is COc1cc(C)ccc1-c1cc2ccc(OC(C)(C)CC(C)(C)C(OCC(O)CCCOC(=O)C(C)(CC(C)(C)C)C(C)(C)C)C(C)(C)CC(C)(C)Oc3ccc4cc(-c5ccc(C)cc5OC)sc4c3)cc2s1. The van der Waals surface area contributed by atoms with E-state index in [1.165, 1.54) is 0 Å². The number of fused-ring (bicyclic) bond motifs is 2. The van der Waals surface area contributed by atoms with Gasteiger partial charge in [0.15, 0.2) is 0 Å². The number of carbonyl (C=O) groups is 1. The molecule has 74 heavy (non-hydrogen) atoms. The third kappa shape index (κ3) is 14.7. The first-order valence-corrected chi connectivity index (χ1v) is 28.1. The smallest absolute Gasteiger partial charge is 0.312 e. The molecule has 2 heterocycles. The molecule has 4 aromatic carbocycles. The van der Waals surface area contributed by atoms with Crippen LogP contribution in [0.15, 0.2) is 84.9 Å². The lowest BCUT2D eigenvalue weighted by Crippen LogP contribution is -2.51. The number of aryl methyl sites for hydroxylation is 2. The number of benzene rings is 4. The molecule has 10 heteroatoms. The molecule has 0 spiro atoms. The lowest BCUT2D eigenvalue weighted by Gasteiger charge is -2.49. The summed E-state index contributed by atoms with van der Waals surface area (Å²) in [5, 5.41) is 13.9. The monoisotopic (exact) mass is 1050 g/mol. The molecule has 0 saturated carbocycles. The minimum absolute atomic E-state index is 0.0452. The molecule has 2 aromatic heterocycles. The van der Waals surface area contributed by atoms with Gasteiger partial charge in [0, 0.05) is 30.3 Å². The molecule has 404 valence electrons. The number of thiophene rings is 2. The number of hydrogen-bond acceptors (Lipinski definition) is 10. The van der Waals surface area contributed by atoms with Crippen LogP contribution in [-0.2, 0) is 14.3 Å². The van der Waals surface area contributed by atoms with E-state index in [9.17, 15) is 9.90 Å². The van der Waals surface area contributed by atoms with Gasteiger partial charge in [0.05, 0.1) is 45.1 Å². The molecule has 0 saturated heterocycles. The molecule has 0 bridgehead atoms. The van der Waals surface area contributed by atoms with Crippen LogP contribution in [0.25, 0.3) is 41.1 Å². The standard InChI is InChI=1S/C64H88O8S2/c1-41-22-28-48(50(31-41)67-18)54-33-43-24-26-46(35-52(43)73-54)71-62(13,14)39-60(9,10)56(70-37-45(65)21-20-30-69-57(66)64(17,59(6,7)8)38-58(3,4)5)61(11,12)40-63(15,16)72-47-27-25-44-34-55(74-53(44)36-47)49-29-23-42(2)32-51(49)68-19/h22-29,31-36,45,56,65H,20-21,30,37-40H2,1-19H3. The number of ether oxygens (including phenoxy) is 6. The third-order valence-electron chi connectivity index (χ3n) is 14.6. The van der Waals surface area contributed by atoms with Gasteiger partial charge in [-0.05, 0) is 197 Å². The summed E-state index contributed by atoms with van der Waals surface area (Å²) in [6.07, 6.45) is 1.87. The highest BCUT2D eigenvalue weighted by molar-refractivity contribution is 7.22. The zero-order chi connectivity index (χ0) is 54.8. The molecule has 0 fully saturated rings. The Morgan fingerprint density at radius 1 is 0.581 bits per heavy atom. The molecule has 0 aliphatic rings. The summed E-state index contributed by atoms with van der Waals surface area (Å²) in [5.74, 6) is 3.15. The van der Waals surface area contributed by atoms with Gasteiger partial charge in [0.2, 0.25) is 0 Å². The Bertz CT molecular complexity index is 2710. The van der Waals surface area contributed by atoms with Crippen LogP contribution >= 0.6 is 22.7 Å². The molecular weight excluding hydrogens is 961 g/mol. The van der Waals surface area contributed by atoms with Gasteiger partial charge >= 0.3 is 5.97 Å². The highest BCUT2D eigenvalue weighted by Gasteiger charge is 2.49. The summed E-state index contributed by atoms with van der Waals surface area (Å²) < 4.78 is 40.7. The van der Waals surface area contributed by atoms with E-state index < -0.39 is 33.6 Å². The number of hydrogen-bond donors (Lipinski definition) is 1. The summed E-state index contributed by atoms with van der Waals surface area (Å²) in [6.45, 7) is 37.0. The minimum atomic E-state index is -0.760. The first kappa shape index (κ1) is 58.6. The van der Waals surface area contributed by atoms with Gasteiger partial charge < -0.3 is 33.5 Å². The van der Waals surface area contributed by atoms with Crippen LogP contribution in [0.1, 0.15) is 147 Å². The van der Waals surface area contributed by atoms with Crippen molar-refractivity contribution >= 4 is 48.8 Å². The maximum Gasteiger partial charge on any atom is 0.312 e.